The Balaban J connectivity index is 1.76. The van der Waals surface area contributed by atoms with Gasteiger partial charge < -0.3 is 9.84 Å². The molecule has 8 heteroatoms. The number of hydrogen-bond donors (Lipinski definition) is 1. The number of Topliss-reactive ketones (excluding diaryl/α,β-unsaturated/α-hetero) is 1. The highest BCUT2D eigenvalue weighted by atomic mass is 32.2. The Morgan fingerprint density at radius 2 is 1.74 bits per heavy atom. The molecule has 1 N–H and O–H groups in total. The molecule has 0 aliphatic carbocycles. The van der Waals surface area contributed by atoms with Crippen LogP contribution in [0.5, 0.6) is 5.75 Å². The molecule has 7 nitrogen and oxygen atoms in total. The average Bonchev–Trinajstić information content (AvgIpc) is 2.80. The van der Waals surface area contributed by atoms with Crippen LogP contribution in [0, 0.1) is 0 Å². The van der Waals surface area contributed by atoms with Crippen molar-refractivity contribution in [2.75, 3.05) is 13.2 Å². The number of carbonyl (C=O) groups excluding carboxylic acids is 1. The number of aromatic nitrogens is 1. The Morgan fingerprint density at radius 3 is 2.52 bits per heavy atom. The van der Waals surface area contributed by atoms with Crippen molar-refractivity contribution in [3.05, 3.63) is 95.4 Å². The Kier molecular flexibility index (Phi) is 5.83. The molecule has 31 heavy (non-hydrogen) atoms. The molecule has 0 saturated carbocycles. The van der Waals surface area contributed by atoms with Gasteiger partial charge in [0.25, 0.3) is 10.0 Å². The first-order valence-electron chi connectivity index (χ1n) is 9.63. The topological polar surface area (TPSA) is 96.8 Å². The second-order valence-electron chi connectivity index (χ2n) is 6.80. The molecule has 2 heterocycles. The van der Waals surface area contributed by atoms with E-state index >= 15 is 0 Å². The summed E-state index contributed by atoms with van der Waals surface area (Å²) in [6.45, 7) is -0.439. The first-order valence-corrected chi connectivity index (χ1v) is 11.1. The Hall–Kier alpha value is -3.49. The van der Waals surface area contributed by atoms with Crippen molar-refractivity contribution < 1.29 is 23.1 Å². The number of β-amino-alcohol motifs (C(OH)–C–C–N with tert-alkyl or cyclic N) is 1. The molecule has 2 aromatic carbocycles. The molecule has 1 aliphatic heterocycles. The van der Waals surface area contributed by atoms with Crippen LogP contribution in [0.15, 0.2) is 83.5 Å². The monoisotopic (exact) mass is 436 g/mol. The average molecular weight is 436 g/mol. The number of allylic oxidation sites excluding steroid dienone is 1. The van der Waals surface area contributed by atoms with Gasteiger partial charge >= 0.3 is 0 Å². The molecular weight excluding hydrogens is 416 g/mol. The molecular formula is C23H20N2O5S. The van der Waals surface area contributed by atoms with Crippen LogP contribution < -0.4 is 4.74 Å². The van der Waals surface area contributed by atoms with Gasteiger partial charge in [0, 0.05) is 17.3 Å². The third kappa shape index (κ3) is 4.08. The summed E-state index contributed by atoms with van der Waals surface area (Å²) in [5, 5.41) is 9.46. The molecule has 0 spiro atoms. The van der Waals surface area contributed by atoms with Gasteiger partial charge in [-0.2, -0.15) is 0 Å². The largest absolute Gasteiger partial charge is 0.487 e. The highest BCUT2D eigenvalue weighted by Crippen LogP contribution is 2.34. The smallest absolute Gasteiger partial charge is 0.265 e. The second-order valence-corrected chi connectivity index (χ2v) is 8.63. The van der Waals surface area contributed by atoms with Crippen molar-refractivity contribution >= 4 is 21.9 Å². The van der Waals surface area contributed by atoms with Crippen LogP contribution in [-0.2, 0) is 16.6 Å². The van der Waals surface area contributed by atoms with E-state index in [1.807, 2.05) is 18.2 Å². The van der Waals surface area contributed by atoms with E-state index in [2.05, 4.69) is 4.98 Å². The molecule has 1 aliphatic rings. The zero-order chi connectivity index (χ0) is 21.8. The summed E-state index contributed by atoms with van der Waals surface area (Å²) in [5.74, 6) is 0.0482. The van der Waals surface area contributed by atoms with E-state index in [0.29, 0.717) is 11.3 Å². The molecule has 0 atom stereocenters. The van der Waals surface area contributed by atoms with Gasteiger partial charge in [0.15, 0.2) is 0 Å². The first-order chi connectivity index (χ1) is 15.0. The molecule has 0 radical (unpaired) electrons. The van der Waals surface area contributed by atoms with Gasteiger partial charge in [-0.15, -0.1) is 0 Å². The lowest BCUT2D eigenvalue weighted by molar-refractivity contribution is 0.0998. The van der Waals surface area contributed by atoms with E-state index < -0.39 is 22.4 Å². The highest BCUT2D eigenvalue weighted by Gasteiger charge is 2.38. The van der Waals surface area contributed by atoms with E-state index in [1.165, 1.54) is 18.2 Å². The van der Waals surface area contributed by atoms with Crippen LogP contribution in [0.2, 0.25) is 0 Å². The van der Waals surface area contributed by atoms with Crippen LogP contribution in [-0.4, -0.2) is 41.7 Å². The summed E-state index contributed by atoms with van der Waals surface area (Å²) in [6.07, 6.45) is 3.15. The maximum atomic E-state index is 13.2. The normalized spacial score (nSPS) is 16.2. The van der Waals surface area contributed by atoms with Crippen LogP contribution in [0.3, 0.4) is 0 Å². The number of pyridine rings is 1. The van der Waals surface area contributed by atoms with E-state index in [-0.39, 0.29) is 29.3 Å². The molecule has 0 fully saturated rings. The van der Waals surface area contributed by atoms with Gasteiger partial charge in [0.2, 0.25) is 5.78 Å². The first kappa shape index (κ1) is 20.8. The number of para-hydroxylation sites is 1. The van der Waals surface area contributed by atoms with E-state index in [0.717, 1.165) is 10.00 Å². The lowest BCUT2D eigenvalue weighted by Crippen LogP contribution is -2.40. The minimum atomic E-state index is -3.98. The Morgan fingerprint density at radius 1 is 1.00 bits per heavy atom. The molecule has 0 bridgehead atoms. The number of ether oxygens (including phenoxy) is 1. The standard InChI is InChI=1S/C23H20N2O5S/c26-14-13-25-20(23(27)19-9-2-4-11-22(19)31(25,28)29)15-17-7-1-3-10-21(17)30-16-18-8-5-6-12-24-18/h1-12,15,26H,13-14,16H2. The van der Waals surface area contributed by atoms with Gasteiger partial charge in [0.1, 0.15) is 18.1 Å². The zero-order valence-corrected chi connectivity index (χ0v) is 17.3. The Labute approximate surface area is 180 Å². The van der Waals surface area contributed by atoms with E-state index in [9.17, 15) is 18.3 Å². The summed E-state index contributed by atoms with van der Waals surface area (Å²) < 4.78 is 33.1. The van der Waals surface area contributed by atoms with Crippen LogP contribution in [0.25, 0.3) is 6.08 Å². The number of ketones is 1. The number of nitrogens with zero attached hydrogens (tertiary/aromatic N) is 2. The molecule has 4 rings (SSSR count). The maximum absolute atomic E-state index is 13.2. The van der Waals surface area contributed by atoms with Crippen molar-refractivity contribution in [1.82, 2.24) is 9.29 Å². The number of aliphatic hydroxyl groups excluding tert-OH is 1. The third-order valence-electron chi connectivity index (χ3n) is 4.82. The van der Waals surface area contributed by atoms with Crippen LogP contribution >= 0.6 is 0 Å². The fourth-order valence-corrected chi connectivity index (χ4v) is 5.00. The van der Waals surface area contributed by atoms with Crippen molar-refractivity contribution in [3.63, 3.8) is 0 Å². The molecule has 0 saturated heterocycles. The van der Waals surface area contributed by atoms with Crippen molar-refractivity contribution in [3.8, 4) is 5.75 Å². The van der Waals surface area contributed by atoms with Crippen LogP contribution in [0.4, 0.5) is 0 Å². The predicted molar refractivity (Wildman–Crippen MR) is 115 cm³/mol. The molecule has 1 aromatic heterocycles. The number of hydrogen-bond acceptors (Lipinski definition) is 6. The van der Waals surface area contributed by atoms with Gasteiger partial charge in [-0.3, -0.25) is 14.1 Å². The summed E-state index contributed by atoms with van der Waals surface area (Å²) in [7, 11) is -3.98. The SMILES string of the molecule is O=C1C(=Cc2ccccc2OCc2ccccn2)N(CCO)S(=O)(=O)c2ccccc21. The number of benzene rings is 2. The van der Waals surface area contributed by atoms with Gasteiger partial charge in [0.05, 0.1) is 23.7 Å². The number of aliphatic hydroxyl groups is 1. The summed E-state index contributed by atoms with van der Waals surface area (Å²) >= 11 is 0. The fourth-order valence-electron chi connectivity index (χ4n) is 3.36. The maximum Gasteiger partial charge on any atom is 0.265 e. The molecule has 3 aromatic rings. The lowest BCUT2D eigenvalue weighted by atomic mass is 10.0. The summed E-state index contributed by atoms with van der Waals surface area (Å²) in [4.78, 5) is 17.3. The number of fused-ring (bicyclic) bond motifs is 1. The second kappa shape index (κ2) is 8.71. The predicted octanol–water partition coefficient (Wildman–Crippen LogP) is 2.88. The van der Waals surface area contributed by atoms with Crippen LogP contribution in [0.1, 0.15) is 21.6 Å². The molecule has 0 unspecified atom stereocenters. The third-order valence-corrected chi connectivity index (χ3v) is 6.69. The van der Waals surface area contributed by atoms with Crippen molar-refractivity contribution in [1.29, 1.82) is 0 Å². The number of sulfonamides is 1. The number of carbonyl (C=O) groups is 1. The van der Waals surface area contributed by atoms with Gasteiger partial charge in [-0.1, -0.05) is 36.4 Å². The van der Waals surface area contributed by atoms with Crippen molar-refractivity contribution in [2.45, 2.75) is 11.5 Å². The van der Waals surface area contributed by atoms with E-state index in [4.69, 9.17) is 4.74 Å². The molecule has 158 valence electrons. The minimum Gasteiger partial charge on any atom is -0.487 e. The number of rotatable bonds is 6. The fraction of sp³-hybridized carbons (Fsp3) is 0.130. The Bertz CT molecular complexity index is 1240. The zero-order valence-electron chi connectivity index (χ0n) is 16.5. The summed E-state index contributed by atoms with van der Waals surface area (Å²) in [5.41, 5.74) is 1.34. The van der Waals surface area contributed by atoms with Crippen molar-refractivity contribution in [2.24, 2.45) is 0 Å². The summed E-state index contributed by atoms with van der Waals surface area (Å²) in [6, 6.07) is 18.6. The quantitative estimate of drug-likeness (QED) is 0.597. The minimum absolute atomic E-state index is 0.0402. The highest BCUT2D eigenvalue weighted by molar-refractivity contribution is 7.89. The van der Waals surface area contributed by atoms with E-state index in [1.54, 1.807) is 42.6 Å². The van der Waals surface area contributed by atoms with Gasteiger partial charge in [-0.25, -0.2) is 8.42 Å². The van der Waals surface area contributed by atoms with Gasteiger partial charge in [-0.05, 0) is 36.4 Å². The molecule has 0 amide bonds. The lowest BCUT2D eigenvalue weighted by Gasteiger charge is -2.30.